The molecule has 0 aliphatic heterocycles. The van der Waals surface area contributed by atoms with Gasteiger partial charge in [-0.2, -0.15) is 13.2 Å². The number of thiazole rings is 1. The first-order valence-corrected chi connectivity index (χ1v) is 6.11. The zero-order valence-corrected chi connectivity index (χ0v) is 10.2. The molecule has 1 nitrogen and oxygen atoms in total. The minimum atomic E-state index is -4.59. The maximum Gasteiger partial charge on any atom is 0.417 e. The Morgan fingerprint density at radius 1 is 1.28 bits per heavy atom. The summed E-state index contributed by atoms with van der Waals surface area (Å²) in [5.74, 6) is -0.904. The SMILES string of the molecule is CCc1csc(-c2ccc(F)cc2C(F)(F)F)n1. The molecule has 1 aromatic heterocycles. The van der Waals surface area contributed by atoms with E-state index in [-0.39, 0.29) is 10.6 Å². The van der Waals surface area contributed by atoms with E-state index in [9.17, 15) is 17.6 Å². The van der Waals surface area contributed by atoms with Crippen LogP contribution in [-0.2, 0) is 12.6 Å². The minimum Gasteiger partial charge on any atom is -0.241 e. The molecule has 2 rings (SSSR count). The Balaban J connectivity index is 2.56. The van der Waals surface area contributed by atoms with Crippen molar-refractivity contribution in [3.8, 4) is 10.6 Å². The van der Waals surface area contributed by atoms with Crippen molar-refractivity contribution in [3.63, 3.8) is 0 Å². The van der Waals surface area contributed by atoms with Crippen LogP contribution in [0.15, 0.2) is 23.6 Å². The summed E-state index contributed by atoms with van der Waals surface area (Å²) < 4.78 is 51.4. The van der Waals surface area contributed by atoms with Crippen LogP contribution in [0, 0.1) is 5.82 Å². The zero-order valence-electron chi connectivity index (χ0n) is 9.38. The highest BCUT2D eigenvalue weighted by Crippen LogP contribution is 2.38. The molecule has 96 valence electrons. The number of aryl methyl sites for hydroxylation is 1. The van der Waals surface area contributed by atoms with E-state index in [0.717, 1.165) is 29.2 Å². The van der Waals surface area contributed by atoms with Gasteiger partial charge >= 0.3 is 6.18 Å². The Morgan fingerprint density at radius 2 is 2.00 bits per heavy atom. The maximum atomic E-state index is 12.9. The second-order valence-electron chi connectivity index (χ2n) is 3.69. The third-order valence-corrected chi connectivity index (χ3v) is 3.36. The van der Waals surface area contributed by atoms with E-state index in [1.807, 2.05) is 6.92 Å². The molecule has 0 radical (unpaired) electrons. The van der Waals surface area contributed by atoms with Crippen molar-refractivity contribution in [2.45, 2.75) is 19.5 Å². The number of alkyl halides is 3. The van der Waals surface area contributed by atoms with Gasteiger partial charge in [0.05, 0.1) is 11.3 Å². The average molecular weight is 275 g/mol. The lowest BCUT2D eigenvalue weighted by Gasteiger charge is -2.11. The van der Waals surface area contributed by atoms with Crippen molar-refractivity contribution in [2.24, 2.45) is 0 Å². The molecule has 0 atom stereocenters. The number of nitrogens with zero attached hydrogens (tertiary/aromatic N) is 1. The number of hydrogen-bond acceptors (Lipinski definition) is 2. The Morgan fingerprint density at radius 3 is 2.56 bits per heavy atom. The van der Waals surface area contributed by atoms with Gasteiger partial charge in [-0.3, -0.25) is 0 Å². The van der Waals surface area contributed by atoms with Gasteiger partial charge in [-0.05, 0) is 24.6 Å². The van der Waals surface area contributed by atoms with Gasteiger partial charge in [0.25, 0.3) is 0 Å². The van der Waals surface area contributed by atoms with Crippen LogP contribution < -0.4 is 0 Å². The number of benzene rings is 1. The summed E-state index contributed by atoms with van der Waals surface area (Å²) in [5, 5.41) is 1.97. The number of rotatable bonds is 2. The van der Waals surface area contributed by atoms with E-state index in [1.165, 1.54) is 0 Å². The molecule has 0 saturated heterocycles. The molecule has 0 amide bonds. The van der Waals surface area contributed by atoms with Crippen molar-refractivity contribution in [3.05, 3.63) is 40.7 Å². The van der Waals surface area contributed by atoms with Crippen molar-refractivity contribution in [2.75, 3.05) is 0 Å². The molecule has 0 fully saturated rings. The highest BCUT2D eigenvalue weighted by Gasteiger charge is 2.34. The van der Waals surface area contributed by atoms with Gasteiger partial charge < -0.3 is 0 Å². The van der Waals surface area contributed by atoms with Crippen LogP contribution in [0.25, 0.3) is 10.6 Å². The fourth-order valence-electron chi connectivity index (χ4n) is 1.53. The highest BCUT2D eigenvalue weighted by atomic mass is 32.1. The lowest BCUT2D eigenvalue weighted by molar-refractivity contribution is -0.137. The summed E-state index contributed by atoms with van der Waals surface area (Å²) in [7, 11) is 0. The standard InChI is InChI=1S/C12H9F4NS/c1-2-8-6-18-11(17-8)9-4-3-7(13)5-10(9)12(14,15)16/h3-6H,2H2,1H3. The molecule has 0 aliphatic rings. The van der Waals surface area contributed by atoms with Crippen molar-refractivity contribution in [1.82, 2.24) is 4.98 Å². The quantitative estimate of drug-likeness (QED) is 0.734. The Bertz CT molecular complexity index is 559. The third-order valence-electron chi connectivity index (χ3n) is 2.43. The first-order chi connectivity index (χ1) is 8.41. The Labute approximate surface area is 105 Å². The molecule has 18 heavy (non-hydrogen) atoms. The van der Waals surface area contributed by atoms with E-state index in [1.54, 1.807) is 5.38 Å². The molecule has 6 heteroatoms. The van der Waals surface area contributed by atoms with E-state index in [4.69, 9.17) is 0 Å². The van der Waals surface area contributed by atoms with E-state index < -0.39 is 17.6 Å². The van der Waals surface area contributed by atoms with E-state index >= 15 is 0 Å². The summed E-state index contributed by atoms with van der Waals surface area (Å²) in [5.41, 5.74) is -0.333. The summed E-state index contributed by atoms with van der Waals surface area (Å²) in [4.78, 5) is 4.10. The van der Waals surface area contributed by atoms with Gasteiger partial charge in [0, 0.05) is 10.9 Å². The number of hydrogen-bond donors (Lipinski definition) is 0. The average Bonchev–Trinajstić information content (AvgIpc) is 2.76. The summed E-state index contributed by atoms with van der Waals surface area (Å²) in [6.45, 7) is 1.87. The lowest BCUT2D eigenvalue weighted by atomic mass is 10.1. The van der Waals surface area contributed by atoms with Gasteiger partial charge in [0.15, 0.2) is 0 Å². The van der Waals surface area contributed by atoms with Crippen LogP contribution in [0.1, 0.15) is 18.2 Å². The maximum absolute atomic E-state index is 12.9. The minimum absolute atomic E-state index is 0.0754. The van der Waals surface area contributed by atoms with Crippen molar-refractivity contribution >= 4 is 11.3 Å². The van der Waals surface area contributed by atoms with Gasteiger partial charge in [-0.15, -0.1) is 11.3 Å². The molecule has 0 unspecified atom stereocenters. The van der Waals surface area contributed by atoms with E-state index in [2.05, 4.69) is 4.98 Å². The van der Waals surface area contributed by atoms with Crippen LogP contribution in [0.3, 0.4) is 0 Å². The van der Waals surface area contributed by atoms with Gasteiger partial charge in [-0.25, -0.2) is 9.37 Å². The zero-order chi connectivity index (χ0) is 13.3. The second-order valence-corrected chi connectivity index (χ2v) is 4.54. The largest absolute Gasteiger partial charge is 0.417 e. The number of halogens is 4. The fourth-order valence-corrected chi connectivity index (χ4v) is 2.47. The molecule has 2 aromatic rings. The Hall–Kier alpha value is -1.43. The topological polar surface area (TPSA) is 12.9 Å². The summed E-state index contributed by atoms with van der Waals surface area (Å²) >= 11 is 1.13. The van der Waals surface area contributed by atoms with Crippen LogP contribution in [0.4, 0.5) is 17.6 Å². The molecule has 0 saturated carbocycles. The smallest absolute Gasteiger partial charge is 0.241 e. The predicted molar refractivity (Wildman–Crippen MR) is 61.9 cm³/mol. The molecule has 0 spiro atoms. The fraction of sp³-hybridized carbons (Fsp3) is 0.250. The van der Waals surface area contributed by atoms with Crippen LogP contribution in [0.5, 0.6) is 0 Å². The number of aromatic nitrogens is 1. The van der Waals surface area contributed by atoms with Crippen LogP contribution >= 0.6 is 11.3 Å². The molecule has 0 aliphatic carbocycles. The lowest BCUT2D eigenvalue weighted by Crippen LogP contribution is -2.07. The highest BCUT2D eigenvalue weighted by molar-refractivity contribution is 7.13. The van der Waals surface area contributed by atoms with Crippen molar-refractivity contribution in [1.29, 1.82) is 0 Å². The van der Waals surface area contributed by atoms with Gasteiger partial charge in [0.1, 0.15) is 10.8 Å². The first-order valence-electron chi connectivity index (χ1n) is 5.23. The monoisotopic (exact) mass is 275 g/mol. The van der Waals surface area contributed by atoms with Gasteiger partial charge in [0.2, 0.25) is 0 Å². The third kappa shape index (κ3) is 2.53. The molecule has 0 bridgehead atoms. The molecular formula is C12H9F4NS. The molecule has 0 N–H and O–H groups in total. The van der Waals surface area contributed by atoms with Crippen LogP contribution in [0.2, 0.25) is 0 Å². The molecule has 1 heterocycles. The summed E-state index contributed by atoms with van der Waals surface area (Å²) in [6, 6.07) is 2.64. The predicted octanol–water partition coefficient (Wildman–Crippen LogP) is 4.53. The van der Waals surface area contributed by atoms with E-state index in [0.29, 0.717) is 12.5 Å². The Kier molecular flexibility index (Phi) is 3.38. The first kappa shape index (κ1) is 13.0. The van der Waals surface area contributed by atoms with Gasteiger partial charge in [-0.1, -0.05) is 6.92 Å². The second kappa shape index (κ2) is 4.68. The molecular weight excluding hydrogens is 266 g/mol. The molecule has 1 aromatic carbocycles. The van der Waals surface area contributed by atoms with Crippen molar-refractivity contribution < 1.29 is 17.6 Å². The summed E-state index contributed by atoms with van der Waals surface area (Å²) in [6.07, 6.45) is -3.94. The normalized spacial score (nSPS) is 11.8. The van der Waals surface area contributed by atoms with Crippen LogP contribution in [-0.4, -0.2) is 4.98 Å².